The summed E-state index contributed by atoms with van der Waals surface area (Å²) in [4.78, 5) is -2.72. The third-order valence-corrected chi connectivity index (χ3v) is 3.64. The molecule has 19 heavy (non-hydrogen) atoms. The van der Waals surface area contributed by atoms with Crippen LogP contribution in [0, 0.1) is 0 Å². The van der Waals surface area contributed by atoms with Crippen LogP contribution in [-0.4, -0.2) is 0 Å². The van der Waals surface area contributed by atoms with Crippen LogP contribution < -0.4 is 15.5 Å². The van der Waals surface area contributed by atoms with Gasteiger partial charge < -0.3 is 4.52 Å². The van der Waals surface area contributed by atoms with Crippen LogP contribution in [0.5, 0.6) is 0 Å². The summed E-state index contributed by atoms with van der Waals surface area (Å²) in [5.74, 6) is 0. The number of benzene rings is 1. The van der Waals surface area contributed by atoms with Gasteiger partial charge in [0.05, 0.1) is 0 Å². The maximum absolute atomic E-state index is 5.71. The molecule has 0 radical (unpaired) electrons. The van der Waals surface area contributed by atoms with E-state index < -0.39 is 4.89 Å². The largest absolute Gasteiger partial charge is 0.487 e. The Morgan fingerprint density at radius 2 is 2.11 bits per heavy atom. The Morgan fingerprint density at radius 3 is 2.74 bits per heavy atom. The molecule has 0 N–H and O–H groups in total. The van der Waals surface area contributed by atoms with Gasteiger partial charge in [-0.25, -0.2) is 4.68 Å². The molecule has 0 amide bonds. The molecule has 0 fully saturated rings. The highest BCUT2D eigenvalue weighted by Gasteiger charge is 2.12. The molecule has 0 aliphatic carbocycles. The van der Waals surface area contributed by atoms with Crippen molar-refractivity contribution in [3.8, 4) is 0 Å². The van der Waals surface area contributed by atoms with Crippen LogP contribution in [0.3, 0.4) is 0 Å². The molecule has 102 valence electrons. The Labute approximate surface area is 125 Å². The maximum Gasteiger partial charge on any atom is 0.274 e. The van der Waals surface area contributed by atoms with Gasteiger partial charge in [-0.05, 0) is 46.8 Å². The molecule has 4 nitrogen and oxygen atoms in total. The number of hydrogen-bond acceptors (Lipinski definition) is 2. The summed E-state index contributed by atoms with van der Waals surface area (Å²) >= 11 is 16.3. The van der Waals surface area contributed by atoms with E-state index in [2.05, 4.69) is 22.2 Å². The van der Waals surface area contributed by atoms with Crippen LogP contribution in [-0.2, 0) is 18.2 Å². The molecule has 1 aromatic heterocycles. The molecular formula is C11H12Cl2N3OPS. The fourth-order valence-electron chi connectivity index (χ4n) is 1.66. The van der Waals surface area contributed by atoms with Crippen LogP contribution in [0.4, 0.5) is 0 Å². The fraction of sp³-hybridized carbons (Fsp3) is 0.273. The molecule has 1 aromatic carbocycles. The van der Waals surface area contributed by atoms with Gasteiger partial charge in [-0.2, -0.15) is 4.76 Å². The number of hydrogen-bond donors (Lipinski definition) is 0. The van der Waals surface area contributed by atoms with Crippen LogP contribution >= 0.6 is 27.4 Å². The number of halogens is 2. The van der Waals surface area contributed by atoms with Crippen molar-refractivity contribution in [2.24, 2.45) is 4.76 Å². The first kappa shape index (κ1) is 14.8. The third-order valence-electron chi connectivity index (χ3n) is 2.51. The Hall–Kier alpha value is -0.610. The minimum Gasteiger partial charge on any atom is -0.487 e. The Morgan fingerprint density at radius 1 is 1.42 bits per heavy atom. The van der Waals surface area contributed by atoms with Gasteiger partial charge in [0, 0.05) is 6.42 Å². The van der Waals surface area contributed by atoms with Crippen molar-refractivity contribution in [3.63, 3.8) is 0 Å². The molecule has 1 unspecified atom stereocenters. The van der Waals surface area contributed by atoms with Crippen LogP contribution in [0.25, 0.3) is 0 Å². The van der Waals surface area contributed by atoms with Gasteiger partial charge in [0.1, 0.15) is 0 Å². The van der Waals surface area contributed by atoms with E-state index >= 15 is 0 Å². The first-order valence-corrected chi connectivity index (χ1v) is 10.2. The van der Waals surface area contributed by atoms with Crippen LogP contribution in [0.1, 0.15) is 18.5 Å². The normalized spacial score (nSPS) is 14.6. The Balaban J connectivity index is 2.15. The first-order valence-electron chi connectivity index (χ1n) is 5.59. The number of rotatable bonds is 4. The van der Waals surface area contributed by atoms with E-state index in [0.717, 1.165) is 6.42 Å². The zero-order valence-corrected chi connectivity index (χ0v) is 13.3. The first-order chi connectivity index (χ1) is 8.94. The molecular weight excluding hydrogens is 324 g/mol. The second kappa shape index (κ2) is 6.23. The van der Waals surface area contributed by atoms with E-state index in [4.69, 9.17) is 38.8 Å². The monoisotopic (exact) mass is 335 g/mol. The molecule has 2 aromatic rings. The van der Waals surface area contributed by atoms with E-state index in [9.17, 15) is 0 Å². The second-order valence-electron chi connectivity index (χ2n) is 4.09. The quantitative estimate of drug-likeness (QED) is 0.637. The number of nitrogens with zero attached hydrogens (tertiary/aromatic N) is 3. The highest BCUT2D eigenvalue weighted by Crippen LogP contribution is 2.57. The predicted molar refractivity (Wildman–Crippen MR) is 78.6 cm³/mol. The average Bonchev–Trinajstić information content (AvgIpc) is 2.76. The lowest BCUT2D eigenvalue weighted by Gasteiger charge is -2.07. The molecule has 1 heterocycles. The van der Waals surface area contributed by atoms with Crippen molar-refractivity contribution in [2.45, 2.75) is 19.4 Å². The minimum atomic E-state index is -2.72. The SMILES string of the molecule is CC(Cc1ccccc1)[n+]1cc(=NP(=S)(Cl)Cl)o[n-]1. The zero-order valence-electron chi connectivity index (χ0n) is 10.1. The molecule has 2 rings (SSSR count). The van der Waals surface area contributed by atoms with Gasteiger partial charge in [0.2, 0.25) is 11.1 Å². The summed E-state index contributed by atoms with van der Waals surface area (Å²) in [6.07, 6.45) is 2.49. The lowest BCUT2D eigenvalue weighted by molar-refractivity contribution is -0.787. The Kier molecular flexibility index (Phi) is 4.85. The van der Waals surface area contributed by atoms with E-state index in [1.165, 1.54) is 5.56 Å². The molecule has 8 heteroatoms. The van der Waals surface area contributed by atoms with E-state index in [-0.39, 0.29) is 11.6 Å². The van der Waals surface area contributed by atoms with Crippen molar-refractivity contribution >= 4 is 39.2 Å². The molecule has 1 atom stereocenters. The highest BCUT2D eigenvalue weighted by atomic mass is 35.9. The van der Waals surface area contributed by atoms with E-state index in [1.807, 2.05) is 25.1 Å². The average molecular weight is 336 g/mol. The molecule has 0 bridgehead atoms. The third kappa shape index (κ3) is 4.77. The lowest BCUT2D eigenvalue weighted by atomic mass is 10.1. The molecule has 0 aliphatic heterocycles. The maximum atomic E-state index is 5.71. The summed E-state index contributed by atoms with van der Waals surface area (Å²) in [7, 11) is 0. The number of aromatic nitrogens is 2. The predicted octanol–water partition coefficient (Wildman–Crippen LogP) is 2.93. The zero-order chi connectivity index (χ0) is 13.9. The van der Waals surface area contributed by atoms with Crippen LogP contribution in [0.2, 0.25) is 0 Å². The van der Waals surface area contributed by atoms with Crippen molar-refractivity contribution in [3.05, 3.63) is 47.6 Å². The lowest BCUT2D eigenvalue weighted by Crippen LogP contribution is -2.42. The topological polar surface area (TPSA) is 43.5 Å². The standard InChI is InChI=1S/C11H12Cl2N3OPS/c1-9(7-10-5-3-2-4-6-10)16-8-11(17-15-16)14-18(12,13)19/h2-6,8-9H,7H2,1H3. The summed E-state index contributed by atoms with van der Waals surface area (Å²) in [5, 5.41) is 3.90. The fourth-order valence-corrected chi connectivity index (χ4v) is 2.67. The molecule has 0 spiro atoms. The minimum absolute atomic E-state index is 0.138. The van der Waals surface area contributed by atoms with Gasteiger partial charge in [-0.15, -0.1) is 0 Å². The van der Waals surface area contributed by atoms with E-state index in [0.29, 0.717) is 0 Å². The molecule has 0 saturated heterocycles. The molecule has 0 saturated carbocycles. The van der Waals surface area contributed by atoms with Gasteiger partial charge in [0.25, 0.3) is 5.55 Å². The summed E-state index contributed by atoms with van der Waals surface area (Å²) < 4.78 is 10.6. The summed E-state index contributed by atoms with van der Waals surface area (Å²) in [6.45, 7) is 2.04. The Bertz CT molecular complexity index is 649. The van der Waals surface area contributed by atoms with E-state index in [1.54, 1.807) is 10.9 Å². The molecule has 0 aliphatic rings. The smallest absolute Gasteiger partial charge is 0.274 e. The second-order valence-corrected chi connectivity index (χ2v) is 11.4. The van der Waals surface area contributed by atoms with Crippen molar-refractivity contribution in [1.29, 1.82) is 0 Å². The highest BCUT2D eigenvalue weighted by molar-refractivity contribution is 8.38. The van der Waals surface area contributed by atoms with Gasteiger partial charge >= 0.3 is 0 Å². The van der Waals surface area contributed by atoms with Crippen molar-refractivity contribution in [1.82, 2.24) is 5.27 Å². The summed E-state index contributed by atoms with van der Waals surface area (Å²) in [5.41, 5.74) is 1.48. The van der Waals surface area contributed by atoms with Gasteiger partial charge in [-0.1, -0.05) is 30.3 Å². The van der Waals surface area contributed by atoms with Gasteiger partial charge in [-0.3, -0.25) is 5.27 Å². The summed E-state index contributed by atoms with van der Waals surface area (Å²) in [6, 6.07) is 10.3. The van der Waals surface area contributed by atoms with Crippen molar-refractivity contribution < 1.29 is 9.20 Å². The van der Waals surface area contributed by atoms with Crippen molar-refractivity contribution in [2.75, 3.05) is 0 Å². The van der Waals surface area contributed by atoms with Gasteiger partial charge in [0.15, 0.2) is 6.04 Å². The van der Waals surface area contributed by atoms with Crippen LogP contribution in [0.15, 0.2) is 45.8 Å².